The summed E-state index contributed by atoms with van der Waals surface area (Å²) < 4.78 is 25.1. The minimum absolute atomic E-state index is 0. The van der Waals surface area contributed by atoms with Crippen LogP contribution in [0.5, 0.6) is 11.5 Å². The predicted molar refractivity (Wildman–Crippen MR) is 104 cm³/mol. The van der Waals surface area contributed by atoms with Crippen LogP contribution >= 0.6 is 24.0 Å². The van der Waals surface area contributed by atoms with Crippen LogP contribution in [0.4, 0.5) is 4.39 Å². The van der Waals surface area contributed by atoms with Crippen LogP contribution in [0.1, 0.15) is 25.0 Å². The molecule has 0 spiro atoms. The molecule has 0 amide bonds. The van der Waals surface area contributed by atoms with Crippen molar-refractivity contribution in [1.29, 1.82) is 0 Å². The molecule has 0 aliphatic heterocycles. The van der Waals surface area contributed by atoms with Crippen molar-refractivity contribution < 1.29 is 19.0 Å². The molecule has 2 rings (SSSR count). The number of halogens is 3. The van der Waals surface area contributed by atoms with Gasteiger partial charge in [-0.05, 0) is 37.6 Å². The molecule has 2 N–H and O–H groups in total. The number of aliphatic hydroxyl groups excluding tert-OH is 1. The molecule has 0 bridgehead atoms. The normalized spacial score (nSPS) is 11.6. The summed E-state index contributed by atoms with van der Waals surface area (Å²) in [5.74, 6) is 0.585. The van der Waals surface area contributed by atoms with Crippen molar-refractivity contribution in [3.63, 3.8) is 0 Å². The van der Waals surface area contributed by atoms with Gasteiger partial charge in [0.2, 0.25) is 0 Å². The Morgan fingerprint density at radius 1 is 1.23 bits per heavy atom. The van der Waals surface area contributed by atoms with Gasteiger partial charge in [-0.2, -0.15) is 0 Å². The van der Waals surface area contributed by atoms with E-state index in [-0.39, 0.29) is 24.8 Å². The molecule has 0 aromatic heterocycles. The molecule has 0 saturated carbocycles. The zero-order chi connectivity index (χ0) is 18.2. The summed E-state index contributed by atoms with van der Waals surface area (Å²) in [5, 5.41) is 12.8. The Bertz CT molecular complexity index is 698. The fourth-order valence-electron chi connectivity index (χ4n) is 2.32. The number of aliphatic hydroxyl groups is 1. The number of ether oxygens (including phenoxy) is 2. The summed E-state index contributed by atoms with van der Waals surface area (Å²) in [5.41, 5.74) is 1.36. The molecule has 4 nitrogen and oxygen atoms in total. The molecule has 7 heteroatoms. The maximum atomic E-state index is 13.7. The highest BCUT2D eigenvalue weighted by atomic mass is 35.5. The van der Waals surface area contributed by atoms with Gasteiger partial charge in [-0.1, -0.05) is 29.8 Å². The summed E-state index contributed by atoms with van der Waals surface area (Å²) in [4.78, 5) is 0. The SMILES string of the molecule is CCOc1cc(CNCC(C)O)cc(Cl)c1OCc1ccccc1F.Cl. The molecule has 26 heavy (non-hydrogen) atoms. The van der Waals surface area contributed by atoms with Crippen molar-refractivity contribution in [3.8, 4) is 11.5 Å². The molecule has 0 fully saturated rings. The fourth-order valence-corrected chi connectivity index (χ4v) is 2.61. The highest BCUT2D eigenvalue weighted by molar-refractivity contribution is 6.32. The standard InChI is InChI=1S/C19H23ClFNO3.ClH/c1-3-24-18-9-14(11-22-10-13(2)23)8-16(20)19(18)25-12-15-6-4-5-7-17(15)21;/h4-9,13,22-23H,3,10-12H2,1-2H3;1H. The first-order valence-electron chi connectivity index (χ1n) is 8.21. The van der Waals surface area contributed by atoms with Crippen molar-refractivity contribution in [2.45, 2.75) is 33.1 Å². The Balaban J connectivity index is 0.00000338. The highest BCUT2D eigenvalue weighted by Gasteiger charge is 2.14. The smallest absolute Gasteiger partial charge is 0.180 e. The summed E-state index contributed by atoms with van der Waals surface area (Å²) >= 11 is 6.34. The maximum absolute atomic E-state index is 13.7. The second-order valence-electron chi connectivity index (χ2n) is 5.70. The van der Waals surface area contributed by atoms with Gasteiger partial charge < -0.3 is 19.9 Å². The lowest BCUT2D eigenvalue weighted by Gasteiger charge is -2.16. The number of benzene rings is 2. The van der Waals surface area contributed by atoms with Gasteiger partial charge in [0.1, 0.15) is 12.4 Å². The zero-order valence-corrected chi connectivity index (χ0v) is 16.4. The summed E-state index contributed by atoms with van der Waals surface area (Å²) in [6.07, 6.45) is -0.426. The van der Waals surface area contributed by atoms with Gasteiger partial charge in [-0.15, -0.1) is 12.4 Å². The van der Waals surface area contributed by atoms with Crippen LogP contribution < -0.4 is 14.8 Å². The van der Waals surface area contributed by atoms with Gasteiger partial charge in [-0.25, -0.2) is 4.39 Å². The molecule has 144 valence electrons. The lowest BCUT2D eigenvalue weighted by atomic mass is 10.2. The predicted octanol–water partition coefficient (Wildman–Crippen LogP) is 4.35. The number of hydrogen-bond acceptors (Lipinski definition) is 4. The average Bonchev–Trinajstić information content (AvgIpc) is 2.55. The lowest BCUT2D eigenvalue weighted by molar-refractivity contribution is 0.191. The van der Waals surface area contributed by atoms with Gasteiger partial charge in [0.15, 0.2) is 11.5 Å². The number of nitrogens with one attached hydrogen (secondary N) is 1. The van der Waals surface area contributed by atoms with Crippen LogP contribution in [0.2, 0.25) is 5.02 Å². The second kappa shape index (κ2) is 11.2. The molecule has 0 saturated heterocycles. The van der Waals surface area contributed by atoms with Crippen LogP contribution in [-0.4, -0.2) is 24.4 Å². The van der Waals surface area contributed by atoms with Crippen LogP contribution in [0.15, 0.2) is 36.4 Å². The van der Waals surface area contributed by atoms with Crippen LogP contribution in [-0.2, 0) is 13.2 Å². The van der Waals surface area contributed by atoms with E-state index in [0.29, 0.717) is 41.8 Å². The van der Waals surface area contributed by atoms with Crippen LogP contribution in [0.3, 0.4) is 0 Å². The molecule has 1 unspecified atom stereocenters. The number of hydrogen-bond donors (Lipinski definition) is 2. The third-order valence-electron chi connectivity index (χ3n) is 3.47. The third kappa shape index (κ3) is 6.65. The van der Waals surface area contributed by atoms with E-state index in [4.69, 9.17) is 21.1 Å². The largest absolute Gasteiger partial charge is 0.490 e. The Morgan fingerprint density at radius 2 is 1.96 bits per heavy atom. The molecule has 0 aliphatic carbocycles. The van der Waals surface area contributed by atoms with Crippen molar-refractivity contribution >= 4 is 24.0 Å². The summed E-state index contributed by atoms with van der Waals surface area (Å²) in [6.45, 7) is 5.12. The van der Waals surface area contributed by atoms with Crippen LogP contribution in [0, 0.1) is 5.82 Å². The molecular formula is C19H24Cl2FNO3. The minimum atomic E-state index is -0.426. The monoisotopic (exact) mass is 403 g/mol. The molecule has 2 aromatic carbocycles. The van der Waals surface area contributed by atoms with Gasteiger partial charge in [0.05, 0.1) is 17.7 Å². The molecule has 2 aromatic rings. The fraction of sp³-hybridized carbons (Fsp3) is 0.368. The maximum Gasteiger partial charge on any atom is 0.180 e. The van der Waals surface area contributed by atoms with Gasteiger partial charge in [0.25, 0.3) is 0 Å². The molecule has 0 heterocycles. The highest BCUT2D eigenvalue weighted by Crippen LogP contribution is 2.37. The van der Waals surface area contributed by atoms with Crippen molar-refractivity contribution in [2.24, 2.45) is 0 Å². The van der Waals surface area contributed by atoms with Crippen LogP contribution in [0.25, 0.3) is 0 Å². The molecule has 0 aliphatic rings. The van der Waals surface area contributed by atoms with E-state index in [1.807, 2.05) is 13.0 Å². The lowest BCUT2D eigenvalue weighted by Crippen LogP contribution is -2.23. The van der Waals surface area contributed by atoms with E-state index < -0.39 is 6.10 Å². The van der Waals surface area contributed by atoms with E-state index in [0.717, 1.165) is 5.56 Å². The van der Waals surface area contributed by atoms with Gasteiger partial charge >= 0.3 is 0 Å². The zero-order valence-electron chi connectivity index (χ0n) is 14.8. The average molecular weight is 404 g/mol. The first kappa shape index (κ1) is 22.5. The third-order valence-corrected chi connectivity index (χ3v) is 3.75. The molecule has 0 radical (unpaired) electrons. The molecular weight excluding hydrogens is 380 g/mol. The van der Waals surface area contributed by atoms with Gasteiger partial charge in [0, 0.05) is 18.7 Å². The Morgan fingerprint density at radius 3 is 2.62 bits per heavy atom. The first-order valence-corrected chi connectivity index (χ1v) is 8.59. The summed E-state index contributed by atoms with van der Waals surface area (Å²) in [7, 11) is 0. The van der Waals surface area contributed by atoms with E-state index in [1.165, 1.54) is 6.07 Å². The van der Waals surface area contributed by atoms with Crippen molar-refractivity contribution in [1.82, 2.24) is 5.32 Å². The first-order chi connectivity index (χ1) is 12.0. The topological polar surface area (TPSA) is 50.7 Å². The van der Waals surface area contributed by atoms with Crippen molar-refractivity contribution in [2.75, 3.05) is 13.2 Å². The number of rotatable bonds is 9. The van der Waals surface area contributed by atoms with E-state index in [9.17, 15) is 9.50 Å². The molecule has 1 atom stereocenters. The second-order valence-corrected chi connectivity index (χ2v) is 6.11. The van der Waals surface area contributed by atoms with E-state index in [2.05, 4.69) is 5.32 Å². The van der Waals surface area contributed by atoms with Crippen molar-refractivity contribution in [3.05, 3.63) is 58.4 Å². The summed E-state index contributed by atoms with van der Waals surface area (Å²) in [6, 6.07) is 10.0. The van der Waals surface area contributed by atoms with E-state index >= 15 is 0 Å². The van der Waals surface area contributed by atoms with E-state index in [1.54, 1.807) is 31.2 Å². The minimum Gasteiger partial charge on any atom is -0.490 e. The van der Waals surface area contributed by atoms with Gasteiger partial charge in [-0.3, -0.25) is 0 Å². The Kier molecular flexibility index (Phi) is 9.73. The quantitative estimate of drug-likeness (QED) is 0.653. The Labute approximate surface area is 164 Å². The Hall–Kier alpha value is -1.53.